The first kappa shape index (κ1) is 25.0. The van der Waals surface area contributed by atoms with Gasteiger partial charge in [-0.2, -0.15) is 0 Å². The topological polar surface area (TPSA) is 110 Å². The Bertz CT molecular complexity index is 668. The molecule has 26 heavy (non-hydrogen) atoms. The lowest BCUT2D eigenvalue weighted by molar-refractivity contribution is -0.134. The van der Waals surface area contributed by atoms with Gasteiger partial charge in [0.1, 0.15) is 5.75 Å². The molecule has 0 bridgehead atoms. The van der Waals surface area contributed by atoms with Gasteiger partial charge < -0.3 is 14.7 Å². The predicted molar refractivity (Wildman–Crippen MR) is 106 cm³/mol. The average molecular weight is 490 g/mol. The van der Waals surface area contributed by atoms with Gasteiger partial charge in [-0.15, -0.1) is 0 Å². The smallest absolute Gasteiger partial charge is 0.440 e. The van der Waals surface area contributed by atoms with Crippen LogP contribution in [0.2, 0.25) is 5.02 Å². The van der Waals surface area contributed by atoms with Gasteiger partial charge in [0.25, 0.3) is 0 Å². The summed E-state index contributed by atoms with van der Waals surface area (Å²) in [6, 6.07) is 5.14. The molecule has 7 nitrogen and oxygen atoms in total. The molecule has 0 aliphatic heterocycles. The average Bonchev–Trinajstić information content (AvgIpc) is 2.55. The van der Waals surface area contributed by atoms with E-state index in [4.69, 9.17) is 30.9 Å². The van der Waals surface area contributed by atoms with Gasteiger partial charge in [0.2, 0.25) is 0 Å². The maximum atomic E-state index is 12.4. The Kier molecular flexibility index (Phi) is 12.7. The lowest BCUT2D eigenvalue weighted by atomic mass is 10.3. The van der Waals surface area contributed by atoms with Crippen molar-refractivity contribution in [1.82, 2.24) is 0 Å². The second-order valence-electron chi connectivity index (χ2n) is 4.37. The van der Waals surface area contributed by atoms with Gasteiger partial charge in [-0.05, 0) is 42.9 Å². The highest BCUT2D eigenvalue weighted by Crippen LogP contribution is 2.60. The van der Waals surface area contributed by atoms with Crippen LogP contribution in [0.25, 0.3) is 0 Å². The molecular formula is C15H19BrClO7PS. The molecule has 0 heterocycles. The third kappa shape index (κ3) is 11.6. The zero-order valence-electron chi connectivity index (χ0n) is 14.1. The maximum absolute atomic E-state index is 12.4. The number of carboxylic acid groups (broad SMARTS) is 2. The first-order valence-corrected chi connectivity index (χ1v) is 11.6. The number of carbonyl (C=O) groups is 2. The summed E-state index contributed by atoms with van der Waals surface area (Å²) in [6.07, 6.45) is 2.02. The molecule has 0 saturated heterocycles. The van der Waals surface area contributed by atoms with Crippen molar-refractivity contribution in [3.8, 4) is 5.75 Å². The highest BCUT2D eigenvalue weighted by Gasteiger charge is 2.27. The molecule has 11 heteroatoms. The summed E-state index contributed by atoms with van der Waals surface area (Å²) < 4.78 is 24.0. The maximum Gasteiger partial charge on any atom is 0.440 e. The molecule has 146 valence electrons. The molecule has 0 fully saturated rings. The van der Waals surface area contributed by atoms with Crippen molar-refractivity contribution in [3.05, 3.63) is 39.8 Å². The molecule has 1 aromatic rings. The van der Waals surface area contributed by atoms with Crippen LogP contribution in [-0.2, 0) is 18.7 Å². The van der Waals surface area contributed by atoms with Crippen LogP contribution in [-0.4, -0.2) is 34.5 Å². The minimum atomic E-state index is -3.18. The van der Waals surface area contributed by atoms with Gasteiger partial charge in [0.15, 0.2) is 0 Å². The molecule has 1 atom stereocenters. The quantitative estimate of drug-likeness (QED) is 0.346. The van der Waals surface area contributed by atoms with E-state index in [9.17, 15) is 14.2 Å². The fraction of sp³-hybridized carbons (Fsp3) is 0.333. The molecule has 1 unspecified atom stereocenters. The Hall–Kier alpha value is -0.990. The summed E-state index contributed by atoms with van der Waals surface area (Å²) in [4.78, 5) is 19.1. The second-order valence-corrected chi connectivity index (χ2v) is 9.81. The van der Waals surface area contributed by atoms with Crippen molar-refractivity contribution < 1.29 is 33.4 Å². The van der Waals surface area contributed by atoms with Crippen LogP contribution >= 0.6 is 45.7 Å². The highest BCUT2D eigenvalue weighted by atomic mass is 79.9. The summed E-state index contributed by atoms with van der Waals surface area (Å²) in [7, 11) is 0. The Labute approximate surface area is 169 Å². The van der Waals surface area contributed by atoms with Crippen molar-refractivity contribution in [2.45, 2.75) is 20.3 Å². The third-order valence-corrected chi connectivity index (χ3v) is 6.94. The molecule has 0 radical (unpaired) electrons. The third-order valence-electron chi connectivity index (χ3n) is 2.21. The summed E-state index contributed by atoms with van der Waals surface area (Å²) >= 11 is 10.5. The van der Waals surface area contributed by atoms with Gasteiger partial charge in [-0.25, -0.2) is 14.2 Å². The number of aliphatic carboxylic acids is 2. The van der Waals surface area contributed by atoms with Crippen molar-refractivity contribution >= 4 is 57.6 Å². The summed E-state index contributed by atoms with van der Waals surface area (Å²) in [5.41, 5.74) is 0. The molecule has 0 aliphatic carbocycles. The first-order chi connectivity index (χ1) is 12.1. The number of benzene rings is 1. The van der Waals surface area contributed by atoms with Gasteiger partial charge >= 0.3 is 18.7 Å². The van der Waals surface area contributed by atoms with Crippen LogP contribution in [0.5, 0.6) is 5.75 Å². The molecule has 0 spiro atoms. The van der Waals surface area contributed by atoms with Crippen LogP contribution in [0.4, 0.5) is 0 Å². The van der Waals surface area contributed by atoms with Crippen molar-refractivity contribution in [1.29, 1.82) is 0 Å². The van der Waals surface area contributed by atoms with Crippen LogP contribution in [0.1, 0.15) is 20.3 Å². The summed E-state index contributed by atoms with van der Waals surface area (Å²) in [5, 5.41) is 16.0. The van der Waals surface area contributed by atoms with E-state index >= 15 is 0 Å². The predicted octanol–water partition coefficient (Wildman–Crippen LogP) is 5.48. The van der Waals surface area contributed by atoms with Gasteiger partial charge in [-0.1, -0.05) is 34.5 Å². The molecule has 1 rings (SSSR count). The van der Waals surface area contributed by atoms with Crippen molar-refractivity contribution in [3.63, 3.8) is 0 Å². The lowest BCUT2D eigenvalue weighted by Crippen LogP contribution is -1.96. The molecule has 0 saturated carbocycles. The van der Waals surface area contributed by atoms with Crippen LogP contribution in [0.15, 0.2) is 34.8 Å². The molecule has 0 amide bonds. The van der Waals surface area contributed by atoms with Crippen LogP contribution in [0.3, 0.4) is 0 Å². The van der Waals surface area contributed by atoms with E-state index in [1.165, 1.54) is 11.4 Å². The fourth-order valence-electron chi connectivity index (χ4n) is 1.26. The van der Waals surface area contributed by atoms with E-state index in [1.54, 1.807) is 25.1 Å². The Morgan fingerprint density at radius 3 is 2.27 bits per heavy atom. The molecule has 0 aromatic heterocycles. The van der Waals surface area contributed by atoms with Gasteiger partial charge in [0, 0.05) is 22.4 Å². The van der Waals surface area contributed by atoms with Gasteiger partial charge in [-0.3, -0.25) is 4.52 Å². The highest BCUT2D eigenvalue weighted by molar-refractivity contribution is 9.10. The van der Waals surface area contributed by atoms with E-state index in [2.05, 4.69) is 15.9 Å². The Balaban J connectivity index is 0.000000660. The Morgan fingerprint density at radius 1 is 1.27 bits per heavy atom. The van der Waals surface area contributed by atoms with Crippen molar-refractivity contribution in [2.24, 2.45) is 0 Å². The van der Waals surface area contributed by atoms with E-state index in [0.29, 0.717) is 35.3 Å². The largest absolute Gasteiger partial charge is 0.478 e. The molecule has 0 aliphatic rings. The minimum absolute atomic E-state index is 0.335. The number of rotatable bonds is 9. The van der Waals surface area contributed by atoms with E-state index in [1.807, 2.05) is 6.92 Å². The normalized spacial score (nSPS) is 12.8. The summed E-state index contributed by atoms with van der Waals surface area (Å²) in [6.45, 7) is 0.946. The minimum Gasteiger partial charge on any atom is -0.478 e. The zero-order chi connectivity index (χ0) is 20.2. The molecule has 1 aromatic carbocycles. The van der Waals surface area contributed by atoms with Crippen molar-refractivity contribution in [2.75, 3.05) is 12.4 Å². The fourth-order valence-corrected chi connectivity index (χ4v) is 5.49. The SMILES string of the molecule is CCCSP(=O)(OCC)Oc1ccc(Br)cc1Cl.O=C(O)/C=C/C(=O)O. The molecule has 2 N–H and O–H groups in total. The second kappa shape index (κ2) is 13.2. The zero-order valence-corrected chi connectivity index (χ0v) is 18.1. The Morgan fingerprint density at radius 2 is 1.85 bits per heavy atom. The van der Waals surface area contributed by atoms with E-state index in [0.717, 1.165) is 10.9 Å². The first-order valence-electron chi connectivity index (χ1n) is 7.31. The lowest BCUT2D eigenvalue weighted by Gasteiger charge is -2.18. The van der Waals surface area contributed by atoms with Crippen LogP contribution < -0.4 is 4.52 Å². The number of hydrogen-bond donors (Lipinski definition) is 2. The molecular weight excluding hydrogens is 471 g/mol. The number of carboxylic acids is 2. The van der Waals surface area contributed by atoms with E-state index < -0.39 is 18.7 Å². The number of hydrogen-bond acceptors (Lipinski definition) is 6. The standard InChI is InChI=1S/C11H15BrClO3PS.C4H4O4/c1-3-7-18-17(14,15-4-2)16-11-6-5-9(12)8-10(11)13;5-3(6)1-2-4(7)8/h5-6,8H,3-4,7H2,1-2H3;1-2H,(H,5,6)(H,7,8)/b;2-1+. The van der Waals surface area contributed by atoms with Crippen LogP contribution in [0, 0.1) is 0 Å². The number of halogens is 2. The summed E-state index contributed by atoms with van der Waals surface area (Å²) in [5.74, 6) is -1.43. The van der Waals surface area contributed by atoms with Gasteiger partial charge in [0.05, 0.1) is 11.6 Å². The van der Waals surface area contributed by atoms with E-state index in [-0.39, 0.29) is 0 Å². The monoisotopic (exact) mass is 488 g/mol.